The normalized spacial score (nSPS) is 16.9. The number of aromatic nitrogens is 4. The number of fused-ring (bicyclic) bond motifs is 1. The minimum atomic E-state index is -0.0401. The summed E-state index contributed by atoms with van der Waals surface area (Å²) in [5, 5.41) is 11.4. The number of benzene rings is 1. The van der Waals surface area contributed by atoms with Gasteiger partial charge >= 0.3 is 0 Å². The lowest BCUT2D eigenvalue weighted by atomic mass is 10.1. The van der Waals surface area contributed by atoms with Gasteiger partial charge in [0.1, 0.15) is 5.69 Å². The van der Waals surface area contributed by atoms with E-state index in [0.29, 0.717) is 18.8 Å². The summed E-state index contributed by atoms with van der Waals surface area (Å²) in [6.07, 6.45) is 0. The fourth-order valence-electron chi connectivity index (χ4n) is 3.09. The van der Waals surface area contributed by atoms with Crippen LogP contribution < -0.4 is 0 Å². The molecule has 7 heteroatoms. The zero-order valence-corrected chi connectivity index (χ0v) is 14.3. The van der Waals surface area contributed by atoms with Crippen molar-refractivity contribution in [1.82, 2.24) is 24.6 Å². The van der Waals surface area contributed by atoms with Crippen LogP contribution in [0.1, 0.15) is 34.3 Å². The maximum Gasteiger partial charge on any atom is 0.273 e. The molecule has 0 radical (unpaired) electrons. The molecule has 0 saturated carbocycles. The number of thiazole rings is 1. The lowest BCUT2D eigenvalue weighted by Crippen LogP contribution is -2.40. The monoisotopic (exact) mass is 339 g/mol. The fourth-order valence-corrected chi connectivity index (χ4v) is 3.68. The molecule has 1 atom stereocenters. The lowest BCUT2D eigenvalue weighted by Gasteiger charge is -2.32. The molecule has 0 unspecified atom stereocenters. The Morgan fingerprint density at radius 3 is 2.75 bits per heavy atom. The van der Waals surface area contributed by atoms with Gasteiger partial charge in [0.25, 0.3) is 5.91 Å². The van der Waals surface area contributed by atoms with Crippen LogP contribution in [0, 0.1) is 6.92 Å². The number of hydrogen-bond acceptors (Lipinski definition) is 5. The Hall–Kier alpha value is -2.54. The van der Waals surface area contributed by atoms with Gasteiger partial charge in [-0.1, -0.05) is 30.3 Å². The second-order valence-electron chi connectivity index (χ2n) is 5.96. The van der Waals surface area contributed by atoms with Crippen LogP contribution in [0.2, 0.25) is 0 Å². The summed E-state index contributed by atoms with van der Waals surface area (Å²) in [6.45, 7) is 5.08. The summed E-state index contributed by atoms with van der Waals surface area (Å²) >= 11 is 1.49. The summed E-state index contributed by atoms with van der Waals surface area (Å²) in [5.41, 5.74) is 1.55. The molecule has 3 heterocycles. The van der Waals surface area contributed by atoms with Gasteiger partial charge in [-0.2, -0.15) is 0 Å². The largest absolute Gasteiger partial charge is 0.328 e. The van der Waals surface area contributed by atoms with Crippen molar-refractivity contribution >= 4 is 17.2 Å². The van der Waals surface area contributed by atoms with Crippen LogP contribution in [-0.2, 0) is 6.54 Å². The molecule has 0 saturated heterocycles. The van der Waals surface area contributed by atoms with Gasteiger partial charge in [0, 0.05) is 17.5 Å². The Kier molecular flexibility index (Phi) is 3.65. The maximum atomic E-state index is 12.7. The first-order valence-electron chi connectivity index (χ1n) is 7.84. The molecule has 1 aromatic carbocycles. The topological polar surface area (TPSA) is 63.9 Å². The van der Waals surface area contributed by atoms with E-state index in [2.05, 4.69) is 26.7 Å². The molecule has 2 aromatic heterocycles. The third-order valence-electron chi connectivity index (χ3n) is 4.18. The van der Waals surface area contributed by atoms with Gasteiger partial charge in [-0.05, 0) is 13.8 Å². The molecule has 0 aliphatic carbocycles. The van der Waals surface area contributed by atoms with Gasteiger partial charge in [-0.25, -0.2) is 4.98 Å². The molecule has 1 aliphatic heterocycles. The molecule has 0 N–H and O–H groups in total. The number of aryl methyl sites for hydroxylation is 1. The van der Waals surface area contributed by atoms with Crippen LogP contribution in [0.4, 0.5) is 0 Å². The smallest absolute Gasteiger partial charge is 0.273 e. The molecule has 4 rings (SSSR count). The Bertz CT molecular complexity index is 886. The van der Waals surface area contributed by atoms with Crippen LogP contribution in [0.25, 0.3) is 11.4 Å². The second-order valence-corrected chi connectivity index (χ2v) is 7.02. The first-order chi connectivity index (χ1) is 11.6. The van der Waals surface area contributed by atoms with Crippen molar-refractivity contribution in [1.29, 1.82) is 0 Å². The van der Waals surface area contributed by atoms with Gasteiger partial charge < -0.3 is 9.47 Å². The third kappa shape index (κ3) is 2.50. The lowest BCUT2D eigenvalue weighted by molar-refractivity contribution is 0.0677. The Balaban J connectivity index is 1.65. The molecule has 1 aliphatic rings. The molecule has 0 bridgehead atoms. The van der Waals surface area contributed by atoms with Crippen molar-refractivity contribution in [3.63, 3.8) is 0 Å². The Labute approximate surface area is 143 Å². The number of amides is 1. The highest BCUT2D eigenvalue weighted by Gasteiger charge is 2.30. The number of carbonyl (C=O) groups excluding carboxylic acids is 1. The van der Waals surface area contributed by atoms with E-state index in [-0.39, 0.29) is 11.9 Å². The van der Waals surface area contributed by atoms with Crippen molar-refractivity contribution in [2.75, 3.05) is 6.54 Å². The van der Waals surface area contributed by atoms with E-state index in [1.807, 2.05) is 42.6 Å². The van der Waals surface area contributed by atoms with E-state index in [9.17, 15) is 4.79 Å². The van der Waals surface area contributed by atoms with Crippen molar-refractivity contribution in [3.05, 3.63) is 52.2 Å². The van der Waals surface area contributed by atoms with Gasteiger partial charge in [0.2, 0.25) is 0 Å². The Morgan fingerprint density at radius 1 is 1.25 bits per heavy atom. The van der Waals surface area contributed by atoms with E-state index in [1.165, 1.54) is 11.3 Å². The molecule has 6 nitrogen and oxygen atoms in total. The van der Waals surface area contributed by atoms with Crippen LogP contribution in [0.5, 0.6) is 0 Å². The van der Waals surface area contributed by atoms with Crippen molar-refractivity contribution in [2.24, 2.45) is 0 Å². The van der Waals surface area contributed by atoms with E-state index in [0.717, 1.165) is 22.2 Å². The standard InChI is InChI=1S/C17H17N5OS/c1-11-8-21(17(23)14-10-24-12(2)18-14)9-15-19-20-16(22(11)15)13-6-4-3-5-7-13/h3-7,10-11H,8-9H2,1-2H3/t11-/m0/s1. The van der Waals surface area contributed by atoms with Crippen LogP contribution in [0.15, 0.2) is 35.7 Å². The first kappa shape index (κ1) is 15.0. The summed E-state index contributed by atoms with van der Waals surface area (Å²) in [6, 6.07) is 10.1. The minimum Gasteiger partial charge on any atom is -0.328 e. The first-order valence-corrected chi connectivity index (χ1v) is 8.72. The summed E-state index contributed by atoms with van der Waals surface area (Å²) in [5.74, 6) is 1.63. The van der Waals surface area contributed by atoms with E-state index in [4.69, 9.17) is 0 Å². The summed E-state index contributed by atoms with van der Waals surface area (Å²) in [7, 11) is 0. The molecule has 0 fully saturated rings. The molecule has 122 valence electrons. The van der Waals surface area contributed by atoms with E-state index < -0.39 is 0 Å². The van der Waals surface area contributed by atoms with Gasteiger partial charge in [-0.15, -0.1) is 21.5 Å². The maximum absolute atomic E-state index is 12.7. The highest BCUT2D eigenvalue weighted by molar-refractivity contribution is 7.09. The quantitative estimate of drug-likeness (QED) is 0.720. The van der Waals surface area contributed by atoms with Crippen LogP contribution in [-0.4, -0.2) is 37.1 Å². The third-order valence-corrected chi connectivity index (χ3v) is 4.95. The zero-order chi connectivity index (χ0) is 16.7. The van der Waals surface area contributed by atoms with Crippen LogP contribution >= 0.6 is 11.3 Å². The number of rotatable bonds is 2. The number of carbonyl (C=O) groups is 1. The number of nitrogens with zero attached hydrogens (tertiary/aromatic N) is 5. The second kappa shape index (κ2) is 5.83. The number of hydrogen-bond donors (Lipinski definition) is 0. The Morgan fingerprint density at radius 2 is 2.04 bits per heavy atom. The molecule has 3 aromatic rings. The molecular weight excluding hydrogens is 322 g/mol. The fraction of sp³-hybridized carbons (Fsp3) is 0.294. The van der Waals surface area contributed by atoms with Gasteiger partial charge in [0.05, 0.1) is 17.6 Å². The molecule has 24 heavy (non-hydrogen) atoms. The zero-order valence-electron chi connectivity index (χ0n) is 13.5. The van der Waals surface area contributed by atoms with Crippen molar-refractivity contribution < 1.29 is 4.79 Å². The molecular formula is C17H17N5OS. The van der Waals surface area contributed by atoms with Gasteiger partial charge in [0.15, 0.2) is 11.6 Å². The molecule has 1 amide bonds. The average molecular weight is 339 g/mol. The highest BCUT2D eigenvalue weighted by atomic mass is 32.1. The predicted molar refractivity (Wildman–Crippen MR) is 91.8 cm³/mol. The highest BCUT2D eigenvalue weighted by Crippen LogP contribution is 2.28. The average Bonchev–Trinajstić information content (AvgIpc) is 3.21. The van der Waals surface area contributed by atoms with E-state index in [1.54, 1.807) is 4.90 Å². The summed E-state index contributed by atoms with van der Waals surface area (Å²) in [4.78, 5) is 18.8. The molecule has 0 spiro atoms. The van der Waals surface area contributed by atoms with Crippen LogP contribution in [0.3, 0.4) is 0 Å². The van der Waals surface area contributed by atoms with Gasteiger partial charge in [-0.3, -0.25) is 4.79 Å². The predicted octanol–water partition coefficient (Wildman–Crippen LogP) is 2.93. The van der Waals surface area contributed by atoms with Crippen molar-refractivity contribution in [3.8, 4) is 11.4 Å². The van der Waals surface area contributed by atoms with Crippen molar-refractivity contribution in [2.45, 2.75) is 26.4 Å². The van der Waals surface area contributed by atoms with E-state index >= 15 is 0 Å². The summed E-state index contributed by atoms with van der Waals surface area (Å²) < 4.78 is 2.13. The SMILES string of the molecule is Cc1nc(C(=O)N2Cc3nnc(-c4ccccc4)n3[C@@H](C)C2)cs1. The minimum absolute atomic E-state index is 0.0401.